The standard InChI is InChI=1S/C12H12ClN3/c1-16(9-12(13)7-15)8-11-4-2-3-10(5-11)6-14/h2-5,12H,8-9H2,1H3. The molecule has 0 aliphatic rings. The molecule has 1 rings (SSSR count). The molecule has 1 atom stereocenters. The number of rotatable bonds is 4. The summed E-state index contributed by atoms with van der Waals surface area (Å²) in [5, 5.41) is 16.8. The van der Waals surface area contributed by atoms with Crippen LogP contribution in [-0.2, 0) is 6.54 Å². The Morgan fingerprint density at radius 1 is 1.44 bits per heavy atom. The minimum Gasteiger partial charge on any atom is -0.300 e. The second kappa shape index (κ2) is 6.12. The highest BCUT2D eigenvalue weighted by atomic mass is 35.5. The maximum absolute atomic E-state index is 8.75. The van der Waals surface area contributed by atoms with Crippen LogP contribution in [0.4, 0.5) is 0 Å². The summed E-state index contributed by atoms with van der Waals surface area (Å²) in [6.45, 7) is 1.19. The lowest BCUT2D eigenvalue weighted by Gasteiger charge is -2.16. The van der Waals surface area contributed by atoms with E-state index in [0.717, 1.165) is 5.56 Å². The van der Waals surface area contributed by atoms with Crippen molar-refractivity contribution >= 4 is 11.6 Å². The maximum Gasteiger partial charge on any atom is 0.133 e. The molecule has 0 N–H and O–H groups in total. The van der Waals surface area contributed by atoms with E-state index < -0.39 is 5.38 Å². The first kappa shape index (κ1) is 12.5. The van der Waals surface area contributed by atoms with Crippen LogP contribution < -0.4 is 0 Å². The van der Waals surface area contributed by atoms with Crippen molar-refractivity contribution < 1.29 is 0 Å². The Morgan fingerprint density at radius 2 is 2.19 bits per heavy atom. The van der Waals surface area contributed by atoms with Gasteiger partial charge in [0.1, 0.15) is 5.38 Å². The fourth-order valence-corrected chi connectivity index (χ4v) is 1.67. The number of nitriles is 2. The van der Waals surface area contributed by atoms with Gasteiger partial charge in [0.05, 0.1) is 17.7 Å². The van der Waals surface area contributed by atoms with E-state index >= 15 is 0 Å². The molecule has 16 heavy (non-hydrogen) atoms. The van der Waals surface area contributed by atoms with Gasteiger partial charge in [0.25, 0.3) is 0 Å². The minimum atomic E-state index is -0.496. The molecule has 0 bridgehead atoms. The van der Waals surface area contributed by atoms with Crippen LogP contribution in [0.3, 0.4) is 0 Å². The van der Waals surface area contributed by atoms with Crippen LogP contribution in [0.2, 0.25) is 0 Å². The largest absolute Gasteiger partial charge is 0.300 e. The van der Waals surface area contributed by atoms with Crippen molar-refractivity contribution in [3.05, 3.63) is 35.4 Å². The zero-order valence-corrected chi connectivity index (χ0v) is 9.78. The second-order valence-electron chi connectivity index (χ2n) is 3.61. The molecule has 1 aromatic rings. The molecule has 0 saturated heterocycles. The summed E-state index contributed by atoms with van der Waals surface area (Å²) in [6.07, 6.45) is 0. The molecule has 0 saturated carbocycles. The van der Waals surface area contributed by atoms with Gasteiger partial charge in [0.15, 0.2) is 0 Å². The number of benzene rings is 1. The van der Waals surface area contributed by atoms with Crippen molar-refractivity contribution in [2.45, 2.75) is 11.9 Å². The van der Waals surface area contributed by atoms with Gasteiger partial charge >= 0.3 is 0 Å². The van der Waals surface area contributed by atoms with Crippen LogP contribution in [0.25, 0.3) is 0 Å². The molecule has 0 aliphatic carbocycles. The van der Waals surface area contributed by atoms with Crippen molar-refractivity contribution in [3.63, 3.8) is 0 Å². The van der Waals surface area contributed by atoms with E-state index in [-0.39, 0.29) is 0 Å². The van der Waals surface area contributed by atoms with Gasteiger partial charge in [-0.1, -0.05) is 12.1 Å². The molecule has 82 valence electrons. The number of nitrogens with zero attached hydrogens (tertiary/aromatic N) is 3. The third-order valence-corrected chi connectivity index (χ3v) is 2.36. The van der Waals surface area contributed by atoms with E-state index in [9.17, 15) is 0 Å². The topological polar surface area (TPSA) is 50.8 Å². The summed E-state index contributed by atoms with van der Waals surface area (Å²) in [7, 11) is 1.89. The van der Waals surface area contributed by atoms with E-state index in [0.29, 0.717) is 18.7 Å². The summed E-state index contributed by atoms with van der Waals surface area (Å²) >= 11 is 5.73. The highest BCUT2D eigenvalue weighted by Crippen LogP contribution is 2.08. The quantitative estimate of drug-likeness (QED) is 0.749. The molecule has 0 spiro atoms. The summed E-state index contributed by atoms with van der Waals surface area (Å²) in [5.74, 6) is 0. The summed E-state index contributed by atoms with van der Waals surface area (Å²) < 4.78 is 0. The van der Waals surface area contributed by atoms with Crippen LogP contribution in [-0.4, -0.2) is 23.9 Å². The van der Waals surface area contributed by atoms with Gasteiger partial charge in [-0.15, -0.1) is 11.6 Å². The zero-order valence-electron chi connectivity index (χ0n) is 9.02. The Kier molecular flexibility index (Phi) is 4.79. The van der Waals surface area contributed by atoms with E-state index in [1.54, 1.807) is 6.07 Å². The third kappa shape index (κ3) is 3.90. The first-order valence-corrected chi connectivity index (χ1v) is 5.30. The zero-order chi connectivity index (χ0) is 12.0. The summed E-state index contributed by atoms with van der Waals surface area (Å²) in [4.78, 5) is 1.96. The van der Waals surface area contributed by atoms with Crippen LogP contribution >= 0.6 is 11.6 Å². The monoisotopic (exact) mass is 233 g/mol. The van der Waals surface area contributed by atoms with E-state index in [4.69, 9.17) is 22.1 Å². The fraction of sp³-hybridized carbons (Fsp3) is 0.333. The average molecular weight is 234 g/mol. The molecule has 0 heterocycles. The maximum atomic E-state index is 8.75. The second-order valence-corrected chi connectivity index (χ2v) is 4.13. The predicted octanol–water partition coefficient (Wildman–Crippen LogP) is 2.12. The van der Waals surface area contributed by atoms with Gasteiger partial charge in [0.2, 0.25) is 0 Å². The molecule has 4 heteroatoms. The molecule has 0 amide bonds. The van der Waals surface area contributed by atoms with E-state index in [1.165, 1.54) is 0 Å². The molecular formula is C12H12ClN3. The lowest BCUT2D eigenvalue weighted by molar-refractivity contribution is 0.337. The smallest absolute Gasteiger partial charge is 0.133 e. The number of alkyl halides is 1. The highest BCUT2D eigenvalue weighted by Gasteiger charge is 2.07. The Labute approximate surface area is 100 Å². The lowest BCUT2D eigenvalue weighted by atomic mass is 10.1. The summed E-state index contributed by atoms with van der Waals surface area (Å²) in [5.41, 5.74) is 1.69. The Bertz CT molecular complexity index is 431. The molecule has 0 aromatic heterocycles. The van der Waals surface area contributed by atoms with Gasteiger partial charge in [-0.3, -0.25) is 4.90 Å². The molecule has 3 nitrogen and oxygen atoms in total. The first-order chi connectivity index (χ1) is 7.65. The predicted molar refractivity (Wildman–Crippen MR) is 62.7 cm³/mol. The SMILES string of the molecule is CN(Cc1cccc(C#N)c1)CC(Cl)C#N. The first-order valence-electron chi connectivity index (χ1n) is 4.87. The normalized spacial score (nSPS) is 11.8. The van der Waals surface area contributed by atoms with Crippen molar-refractivity contribution in [1.29, 1.82) is 10.5 Å². The van der Waals surface area contributed by atoms with Gasteiger partial charge in [-0.2, -0.15) is 10.5 Å². The van der Waals surface area contributed by atoms with Crippen LogP contribution in [0.5, 0.6) is 0 Å². The molecule has 1 unspecified atom stereocenters. The van der Waals surface area contributed by atoms with Gasteiger partial charge in [-0.05, 0) is 24.7 Å². The molecule has 0 fully saturated rings. The van der Waals surface area contributed by atoms with Crippen LogP contribution in [0.15, 0.2) is 24.3 Å². The highest BCUT2D eigenvalue weighted by molar-refractivity contribution is 6.22. The van der Waals surface area contributed by atoms with Crippen molar-refractivity contribution in [1.82, 2.24) is 4.90 Å². The van der Waals surface area contributed by atoms with Crippen molar-refractivity contribution in [2.75, 3.05) is 13.6 Å². The Balaban J connectivity index is 2.60. The number of halogens is 1. The van der Waals surface area contributed by atoms with Crippen LogP contribution in [0.1, 0.15) is 11.1 Å². The van der Waals surface area contributed by atoms with Gasteiger partial charge in [-0.25, -0.2) is 0 Å². The molecule has 0 radical (unpaired) electrons. The van der Waals surface area contributed by atoms with Crippen molar-refractivity contribution in [3.8, 4) is 12.1 Å². The number of hydrogen-bond donors (Lipinski definition) is 0. The van der Waals surface area contributed by atoms with E-state index in [2.05, 4.69) is 6.07 Å². The molecule has 0 aliphatic heterocycles. The minimum absolute atomic E-state index is 0.496. The van der Waals surface area contributed by atoms with Gasteiger partial charge < -0.3 is 0 Å². The van der Waals surface area contributed by atoms with Crippen molar-refractivity contribution in [2.24, 2.45) is 0 Å². The third-order valence-electron chi connectivity index (χ3n) is 2.12. The van der Waals surface area contributed by atoms with Crippen LogP contribution in [0, 0.1) is 22.7 Å². The average Bonchev–Trinajstić information content (AvgIpc) is 2.28. The van der Waals surface area contributed by atoms with E-state index in [1.807, 2.05) is 36.2 Å². The van der Waals surface area contributed by atoms with Gasteiger partial charge in [0, 0.05) is 13.1 Å². The Hall–Kier alpha value is -1.55. The molecule has 1 aromatic carbocycles. The molecular weight excluding hydrogens is 222 g/mol. The fourth-order valence-electron chi connectivity index (χ4n) is 1.43. The lowest BCUT2D eigenvalue weighted by Crippen LogP contribution is -2.24. The number of hydrogen-bond acceptors (Lipinski definition) is 3. The summed E-state index contributed by atoms with van der Waals surface area (Å²) in [6, 6.07) is 11.5. The Morgan fingerprint density at radius 3 is 2.81 bits per heavy atom.